The lowest BCUT2D eigenvalue weighted by atomic mass is 9.90. The largest absolute Gasteiger partial charge is 0.465 e. The fraction of sp³-hybridized carbons (Fsp3) is 0.316. The van der Waals surface area contributed by atoms with Crippen LogP contribution in [0.4, 0.5) is 0 Å². The topological polar surface area (TPSA) is 29.5 Å². The van der Waals surface area contributed by atoms with Gasteiger partial charge >= 0.3 is 5.97 Å². The second kappa shape index (κ2) is 10.2. The molecule has 0 heterocycles. The average molecular weight is 378 g/mol. The molecule has 0 aliphatic rings. The number of esters is 1. The van der Waals surface area contributed by atoms with Crippen LogP contribution in [0.1, 0.15) is 18.4 Å². The van der Waals surface area contributed by atoms with Crippen LogP contribution in [-0.4, -0.2) is 36.6 Å². The van der Waals surface area contributed by atoms with Crippen LogP contribution in [0.15, 0.2) is 66.7 Å². The summed E-state index contributed by atoms with van der Waals surface area (Å²) in [6.07, 6.45) is 5.34. The summed E-state index contributed by atoms with van der Waals surface area (Å²) in [4.78, 5) is 14.6. The number of carbonyl (C=O) groups excluding carboxylic acids is 1. The van der Waals surface area contributed by atoms with E-state index in [4.69, 9.17) is 4.74 Å². The number of rotatable bonds is 10. The van der Waals surface area contributed by atoms with E-state index in [1.54, 1.807) is 18.2 Å². The van der Waals surface area contributed by atoms with Gasteiger partial charge in [0, 0.05) is 23.5 Å². The molecule has 0 saturated heterocycles. The maximum Gasteiger partial charge on any atom is 0.324 e. The van der Waals surface area contributed by atoms with Crippen molar-refractivity contribution >= 4 is 21.9 Å². The standard InChI is InChI=1S/C19H24BrNO2/c1-5-13-21(14-6-2)18(19(22)23-8-4)15(7-3)16-11-9-10-12-17(16)20/h5-7,9-12,15,18H,1-3,8,13-14H2,4H3/t15-,18-/m0/s1. The molecule has 0 radical (unpaired) electrons. The second-order valence-corrected chi connectivity index (χ2v) is 5.87. The number of carbonyl (C=O) groups is 1. The molecule has 0 aliphatic heterocycles. The summed E-state index contributed by atoms with van der Waals surface area (Å²) in [7, 11) is 0. The van der Waals surface area contributed by atoms with Crippen LogP contribution in [0.5, 0.6) is 0 Å². The molecule has 1 aromatic carbocycles. The Bertz CT molecular complexity index is 546. The zero-order valence-electron chi connectivity index (χ0n) is 13.6. The van der Waals surface area contributed by atoms with Gasteiger partial charge in [0.05, 0.1) is 6.61 Å². The first-order chi connectivity index (χ1) is 11.1. The summed E-state index contributed by atoms with van der Waals surface area (Å²) in [6, 6.07) is 7.35. The van der Waals surface area contributed by atoms with Crippen molar-refractivity contribution < 1.29 is 9.53 Å². The molecule has 23 heavy (non-hydrogen) atoms. The van der Waals surface area contributed by atoms with Gasteiger partial charge < -0.3 is 4.74 Å². The first kappa shape index (κ1) is 19.4. The van der Waals surface area contributed by atoms with E-state index in [1.807, 2.05) is 36.1 Å². The number of halogens is 1. The molecule has 0 N–H and O–H groups in total. The third-order valence-corrected chi connectivity index (χ3v) is 4.23. The average Bonchev–Trinajstić information content (AvgIpc) is 2.53. The fourth-order valence-electron chi connectivity index (χ4n) is 2.56. The van der Waals surface area contributed by atoms with E-state index in [9.17, 15) is 4.79 Å². The number of ether oxygens (including phenoxy) is 1. The van der Waals surface area contributed by atoms with Gasteiger partial charge in [0.1, 0.15) is 6.04 Å². The van der Waals surface area contributed by atoms with Crippen molar-refractivity contribution in [2.24, 2.45) is 0 Å². The van der Waals surface area contributed by atoms with Crippen molar-refractivity contribution in [1.29, 1.82) is 0 Å². The Labute approximate surface area is 147 Å². The van der Waals surface area contributed by atoms with Gasteiger partial charge in [0.2, 0.25) is 0 Å². The highest BCUT2D eigenvalue weighted by Gasteiger charge is 2.34. The molecular formula is C19H24BrNO2. The fourth-order valence-corrected chi connectivity index (χ4v) is 3.10. The van der Waals surface area contributed by atoms with Crippen molar-refractivity contribution in [3.05, 3.63) is 72.3 Å². The highest BCUT2D eigenvalue weighted by atomic mass is 79.9. The Morgan fingerprint density at radius 1 is 1.26 bits per heavy atom. The van der Waals surface area contributed by atoms with Crippen LogP contribution in [0.25, 0.3) is 0 Å². The van der Waals surface area contributed by atoms with Gasteiger partial charge in [-0.3, -0.25) is 9.69 Å². The minimum Gasteiger partial charge on any atom is -0.465 e. The van der Waals surface area contributed by atoms with E-state index in [2.05, 4.69) is 35.7 Å². The predicted molar refractivity (Wildman–Crippen MR) is 99.5 cm³/mol. The molecule has 0 amide bonds. The molecule has 3 nitrogen and oxygen atoms in total. The smallest absolute Gasteiger partial charge is 0.324 e. The number of nitrogens with zero attached hydrogens (tertiary/aromatic N) is 1. The quantitative estimate of drug-likeness (QED) is 0.449. The molecule has 0 aromatic heterocycles. The van der Waals surface area contributed by atoms with E-state index in [0.717, 1.165) is 10.0 Å². The van der Waals surface area contributed by atoms with E-state index < -0.39 is 6.04 Å². The van der Waals surface area contributed by atoms with Crippen molar-refractivity contribution in [1.82, 2.24) is 4.90 Å². The first-order valence-electron chi connectivity index (χ1n) is 7.60. The van der Waals surface area contributed by atoms with Crippen molar-refractivity contribution in [2.75, 3.05) is 19.7 Å². The highest BCUT2D eigenvalue weighted by Crippen LogP contribution is 2.31. The second-order valence-electron chi connectivity index (χ2n) is 5.01. The molecule has 4 heteroatoms. The van der Waals surface area contributed by atoms with Gasteiger partial charge in [-0.05, 0) is 18.6 Å². The zero-order chi connectivity index (χ0) is 17.2. The molecule has 0 saturated carbocycles. The van der Waals surface area contributed by atoms with Crippen LogP contribution in [0.3, 0.4) is 0 Å². The monoisotopic (exact) mass is 377 g/mol. The highest BCUT2D eigenvalue weighted by molar-refractivity contribution is 9.10. The van der Waals surface area contributed by atoms with Crippen molar-refractivity contribution in [2.45, 2.75) is 18.9 Å². The van der Waals surface area contributed by atoms with E-state index in [0.29, 0.717) is 19.7 Å². The van der Waals surface area contributed by atoms with E-state index >= 15 is 0 Å². The summed E-state index contributed by atoms with van der Waals surface area (Å²) in [5.41, 5.74) is 0.999. The van der Waals surface area contributed by atoms with Crippen molar-refractivity contribution in [3.63, 3.8) is 0 Å². The maximum atomic E-state index is 12.6. The summed E-state index contributed by atoms with van der Waals surface area (Å²) in [6.45, 7) is 14.8. The van der Waals surface area contributed by atoms with Crippen LogP contribution in [0.2, 0.25) is 0 Å². The minimum absolute atomic E-state index is 0.204. The molecule has 1 aromatic rings. The Balaban J connectivity index is 3.31. The number of hydrogen-bond donors (Lipinski definition) is 0. The number of benzene rings is 1. The van der Waals surface area contributed by atoms with Crippen molar-refractivity contribution in [3.8, 4) is 0 Å². The molecule has 0 unspecified atom stereocenters. The molecule has 124 valence electrons. The summed E-state index contributed by atoms with van der Waals surface area (Å²) in [5, 5.41) is 0. The normalized spacial score (nSPS) is 13.2. The minimum atomic E-state index is -0.484. The van der Waals surface area contributed by atoms with Crippen LogP contribution < -0.4 is 0 Å². The third-order valence-electron chi connectivity index (χ3n) is 3.51. The molecule has 1 rings (SSSR count). The summed E-state index contributed by atoms with van der Waals surface area (Å²) in [5.74, 6) is -0.471. The lowest BCUT2D eigenvalue weighted by molar-refractivity contribution is -0.149. The maximum absolute atomic E-state index is 12.6. The Morgan fingerprint density at radius 2 is 1.87 bits per heavy atom. The molecular weight excluding hydrogens is 354 g/mol. The first-order valence-corrected chi connectivity index (χ1v) is 8.39. The van der Waals surface area contributed by atoms with Gasteiger partial charge in [0.15, 0.2) is 0 Å². The molecule has 0 bridgehead atoms. The SMILES string of the molecule is C=CCN(CC=C)[C@H](C(=O)OCC)[C@@H](C=C)c1ccccc1Br. The Morgan fingerprint density at radius 3 is 2.35 bits per heavy atom. The van der Waals surface area contributed by atoms with Crippen LogP contribution in [0, 0.1) is 0 Å². The van der Waals surface area contributed by atoms with Gasteiger partial charge in [0.25, 0.3) is 0 Å². The summed E-state index contributed by atoms with van der Waals surface area (Å²) < 4.78 is 6.25. The molecule has 0 fully saturated rings. The van der Waals surface area contributed by atoms with Gasteiger partial charge in [-0.15, -0.1) is 19.7 Å². The molecule has 0 spiro atoms. The van der Waals surface area contributed by atoms with Gasteiger partial charge in [-0.25, -0.2) is 0 Å². The molecule has 0 aliphatic carbocycles. The molecule has 2 atom stereocenters. The van der Waals surface area contributed by atoms with Crippen LogP contribution in [-0.2, 0) is 9.53 Å². The Kier molecular flexibility index (Phi) is 8.59. The van der Waals surface area contributed by atoms with Gasteiger partial charge in [-0.1, -0.05) is 52.4 Å². The lowest BCUT2D eigenvalue weighted by Crippen LogP contribution is -2.46. The summed E-state index contributed by atoms with van der Waals surface area (Å²) >= 11 is 3.56. The van der Waals surface area contributed by atoms with E-state index in [-0.39, 0.29) is 11.9 Å². The third kappa shape index (κ3) is 5.19. The predicted octanol–water partition coefficient (Wildman–Crippen LogP) is 4.32. The van der Waals surface area contributed by atoms with Gasteiger partial charge in [-0.2, -0.15) is 0 Å². The lowest BCUT2D eigenvalue weighted by Gasteiger charge is -2.33. The van der Waals surface area contributed by atoms with E-state index in [1.165, 1.54) is 0 Å². The van der Waals surface area contributed by atoms with Crippen LogP contribution >= 0.6 is 15.9 Å². The Hall–Kier alpha value is -1.65. The number of hydrogen-bond acceptors (Lipinski definition) is 3. The zero-order valence-corrected chi connectivity index (χ0v) is 15.2.